The fourth-order valence-electron chi connectivity index (χ4n) is 1.91. The molecule has 2 N–H and O–H groups in total. The topological polar surface area (TPSA) is 92.9 Å². The minimum Gasteiger partial charge on any atom is -0.393 e. The van der Waals surface area contributed by atoms with Crippen LogP contribution in [0, 0.1) is 0 Å². The van der Waals surface area contributed by atoms with Crippen molar-refractivity contribution in [2.75, 3.05) is 0 Å². The van der Waals surface area contributed by atoms with Gasteiger partial charge in [0.15, 0.2) is 5.65 Å². The van der Waals surface area contributed by atoms with Crippen molar-refractivity contribution in [1.29, 1.82) is 0 Å². The Morgan fingerprint density at radius 2 is 2.17 bits per heavy atom. The molecule has 0 saturated carbocycles. The van der Waals surface area contributed by atoms with Crippen molar-refractivity contribution in [3.05, 3.63) is 27.2 Å². The Bertz CT molecular complexity index is 665. The van der Waals surface area contributed by atoms with E-state index in [-0.39, 0.29) is 12.2 Å². The van der Waals surface area contributed by atoms with Crippen LogP contribution >= 0.6 is 0 Å². The average Bonchev–Trinajstić information content (AvgIpc) is 2.78. The Balaban J connectivity index is 2.65. The van der Waals surface area contributed by atoms with Gasteiger partial charge in [0.2, 0.25) is 0 Å². The molecular weight excluding hydrogens is 236 g/mol. The van der Waals surface area contributed by atoms with Crippen molar-refractivity contribution in [3.8, 4) is 0 Å². The number of rotatable bonds is 4. The second-order valence-electron chi connectivity index (χ2n) is 4.22. The maximum absolute atomic E-state index is 12.1. The lowest BCUT2D eigenvalue weighted by Crippen LogP contribution is -2.40. The van der Waals surface area contributed by atoms with Gasteiger partial charge in [0, 0.05) is 13.1 Å². The highest BCUT2D eigenvalue weighted by Gasteiger charge is 2.14. The van der Waals surface area contributed by atoms with E-state index >= 15 is 0 Å². The van der Waals surface area contributed by atoms with E-state index in [1.54, 1.807) is 6.92 Å². The number of aromatic nitrogens is 4. The summed E-state index contributed by atoms with van der Waals surface area (Å²) in [6.07, 6.45) is 1.21. The molecular formula is C11H16N4O3. The minimum atomic E-state index is -0.552. The SMILES string of the molecule is CCn1c(=O)n(CCC(C)O)c(=O)c2[nH]cnc21. The predicted octanol–water partition coefficient (Wildman–Crippen LogP) is -0.323. The van der Waals surface area contributed by atoms with E-state index in [2.05, 4.69) is 9.97 Å². The number of H-pyrrole nitrogens is 1. The number of aryl methyl sites for hydroxylation is 1. The molecule has 7 heteroatoms. The number of aliphatic hydroxyl groups excluding tert-OH is 1. The molecule has 0 amide bonds. The first-order valence-electron chi connectivity index (χ1n) is 5.91. The summed E-state index contributed by atoms with van der Waals surface area (Å²) >= 11 is 0. The summed E-state index contributed by atoms with van der Waals surface area (Å²) < 4.78 is 2.58. The average molecular weight is 252 g/mol. The number of fused-ring (bicyclic) bond motifs is 1. The molecule has 1 atom stereocenters. The first-order chi connectivity index (χ1) is 8.56. The molecule has 0 saturated heterocycles. The molecule has 0 aliphatic heterocycles. The normalized spacial score (nSPS) is 13.1. The Morgan fingerprint density at radius 1 is 1.44 bits per heavy atom. The van der Waals surface area contributed by atoms with E-state index in [0.29, 0.717) is 24.1 Å². The summed E-state index contributed by atoms with van der Waals surface area (Å²) in [6.45, 7) is 4.08. The van der Waals surface area contributed by atoms with E-state index in [1.807, 2.05) is 6.92 Å². The summed E-state index contributed by atoms with van der Waals surface area (Å²) in [4.78, 5) is 31.0. The third-order valence-electron chi connectivity index (χ3n) is 2.88. The van der Waals surface area contributed by atoms with E-state index in [1.165, 1.54) is 10.9 Å². The monoisotopic (exact) mass is 252 g/mol. The number of aromatic amines is 1. The zero-order valence-corrected chi connectivity index (χ0v) is 10.4. The van der Waals surface area contributed by atoms with Gasteiger partial charge in [-0.05, 0) is 20.3 Å². The highest BCUT2D eigenvalue weighted by molar-refractivity contribution is 5.68. The molecule has 2 rings (SSSR count). The summed E-state index contributed by atoms with van der Waals surface area (Å²) in [5.74, 6) is 0. The number of aliphatic hydroxyl groups is 1. The predicted molar refractivity (Wildman–Crippen MR) is 66.6 cm³/mol. The van der Waals surface area contributed by atoms with Gasteiger partial charge in [-0.15, -0.1) is 0 Å². The van der Waals surface area contributed by atoms with Crippen molar-refractivity contribution in [1.82, 2.24) is 19.1 Å². The summed E-state index contributed by atoms with van der Waals surface area (Å²) in [7, 11) is 0. The molecule has 0 fully saturated rings. The standard InChI is InChI=1S/C11H16N4O3/c1-3-14-9-8(12-6-13-9)10(17)15(11(14)18)5-4-7(2)16/h6-7,16H,3-5H2,1-2H3,(H,12,13). The molecule has 1 unspecified atom stereocenters. The van der Waals surface area contributed by atoms with Gasteiger partial charge in [0.25, 0.3) is 5.56 Å². The Labute approximate surface area is 103 Å². The molecule has 0 aliphatic carbocycles. The largest absolute Gasteiger partial charge is 0.393 e. The zero-order valence-electron chi connectivity index (χ0n) is 10.4. The minimum absolute atomic E-state index is 0.199. The van der Waals surface area contributed by atoms with Crippen LogP contribution in [0.15, 0.2) is 15.9 Å². The number of hydrogen-bond donors (Lipinski definition) is 2. The highest BCUT2D eigenvalue weighted by atomic mass is 16.3. The van der Waals surface area contributed by atoms with Crippen LogP contribution in [-0.2, 0) is 13.1 Å². The summed E-state index contributed by atoms with van der Waals surface area (Å²) in [5, 5.41) is 9.25. The van der Waals surface area contributed by atoms with Crippen LogP contribution in [0.4, 0.5) is 0 Å². The molecule has 0 radical (unpaired) electrons. The van der Waals surface area contributed by atoms with Crippen molar-refractivity contribution in [2.45, 2.75) is 39.5 Å². The van der Waals surface area contributed by atoms with Crippen LogP contribution in [0.1, 0.15) is 20.3 Å². The van der Waals surface area contributed by atoms with Crippen LogP contribution in [0.2, 0.25) is 0 Å². The van der Waals surface area contributed by atoms with Gasteiger partial charge in [-0.2, -0.15) is 0 Å². The molecule has 2 heterocycles. The van der Waals surface area contributed by atoms with Crippen LogP contribution in [0.5, 0.6) is 0 Å². The van der Waals surface area contributed by atoms with Crippen LogP contribution in [-0.4, -0.2) is 30.3 Å². The van der Waals surface area contributed by atoms with Gasteiger partial charge in [-0.1, -0.05) is 0 Å². The van der Waals surface area contributed by atoms with Crippen LogP contribution in [0.3, 0.4) is 0 Å². The molecule has 2 aromatic heterocycles. The lowest BCUT2D eigenvalue weighted by molar-refractivity contribution is 0.176. The maximum atomic E-state index is 12.1. The quantitative estimate of drug-likeness (QED) is 0.779. The van der Waals surface area contributed by atoms with Gasteiger partial charge in [-0.3, -0.25) is 13.9 Å². The number of hydrogen-bond acceptors (Lipinski definition) is 4. The molecule has 18 heavy (non-hydrogen) atoms. The Kier molecular flexibility index (Phi) is 3.33. The zero-order chi connectivity index (χ0) is 13.3. The molecule has 0 spiro atoms. The lowest BCUT2D eigenvalue weighted by Gasteiger charge is -2.10. The highest BCUT2D eigenvalue weighted by Crippen LogP contribution is 2.01. The van der Waals surface area contributed by atoms with Gasteiger partial charge < -0.3 is 10.1 Å². The molecule has 0 bridgehead atoms. The van der Waals surface area contributed by atoms with Gasteiger partial charge >= 0.3 is 5.69 Å². The smallest absolute Gasteiger partial charge is 0.332 e. The number of nitrogens with zero attached hydrogens (tertiary/aromatic N) is 3. The number of imidazole rings is 1. The fourth-order valence-corrected chi connectivity index (χ4v) is 1.91. The van der Waals surface area contributed by atoms with Crippen molar-refractivity contribution >= 4 is 11.2 Å². The maximum Gasteiger partial charge on any atom is 0.332 e. The molecule has 0 aromatic carbocycles. The second kappa shape index (κ2) is 4.77. The third-order valence-corrected chi connectivity index (χ3v) is 2.88. The summed E-state index contributed by atoms with van der Waals surface area (Å²) in [5.41, 5.74) is -0.0801. The van der Waals surface area contributed by atoms with Gasteiger partial charge in [-0.25, -0.2) is 9.78 Å². The second-order valence-corrected chi connectivity index (χ2v) is 4.22. The van der Waals surface area contributed by atoms with Crippen molar-refractivity contribution in [2.24, 2.45) is 0 Å². The summed E-state index contributed by atoms with van der Waals surface area (Å²) in [6, 6.07) is 0. The Morgan fingerprint density at radius 3 is 2.78 bits per heavy atom. The lowest BCUT2D eigenvalue weighted by atomic mass is 10.3. The fraction of sp³-hybridized carbons (Fsp3) is 0.545. The molecule has 0 aliphatic rings. The first kappa shape index (κ1) is 12.6. The van der Waals surface area contributed by atoms with E-state index in [0.717, 1.165) is 4.57 Å². The van der Waals surface area contributed by atoms with Gasteiger partial charge in [0.1, 0.15) is 5.52 Å². The van der Waals surface area contributed by atoms with Crippen molar-refractivity contribution in [3.63, 3.8) is 0 Å². The van der Waals surface area contributed by atoms with E-state index in [4.69, 9.17) is 0 Å². The van der Waals surface area contributed by atoms with Crippen LogP contribution < -0.4 is 11.2 Å². The third kappa shape index (κ3) is 1.97. The molecule has 7 nitrogen and oxygen atoms in total. The van der Waals surface area contributed by atoms with E-state index < -0.39 is 11.7 Å². The first-order valence-corrected chi connectivity index (χ1v) is 5.91. The van der Waals surface area contributed by atoms with E-state index in [9.17, 15) is 14.7 Å². The molecule has 2 aromatic rings. The van der Waals surface area contributed by atoms with Crippen LogP contribution in [0.25, 0.3) is 11.2 Å². The Hall–Kier alpha value is -1.89. The number of nitrogens with one attached hydrogen (secondary N) is 1. The van der Waals surface area contributed by atoms with Crippen molar-refractivity contribution < 1.29 is 5.11 Å². The van der Waals surface area contributed by atoms with Gasteiger partial charge in [0.05, 0.1) is 12.4 Å². The molecule has 98 valence electrons.